The molecule has 0 spiro atoms. The smallest absolute Gasteiger partial charge is 0.121 e. The van der Waals surface area contributed by atoms with E-state index in [1.807, 2.05) is 31.2 Å². The van der Waals surface area contributed by atoms with E-state index in [0.717, 1.165) is 40.6 Å². The van der Waals surface area contributed by atoms with Crippen LogP contribution in [0.25, 0.3) is 11.0 Å². The van der Waals surface area contributed by atoms with Gasteiger partial charge in [-0.05, 0) is 19.1 Å². The number of aromatic amines is 1. The van der Waals surface area contributed by atoms with Crippen molar-refractivity contribution in [3.63, 3.8) is 0 Å². The Kier molecular flexibility index (Phi) is 3.08. The Morgan fingerprint density at radius 2 is 2.11 bits per heavy atom. The molecule has 4 nitrogen and oxygen atoms in total. The molecule has 2 aromatic heterocycles. The van der Waals surface area contributed by atoms with Crippen molar-refractivity contribution < 1.29 is 0 Å². The second kappa shape index (κ2) is 4.88. The van der Waals surface area contributed by atoms with Crippen molar-refractivity contribution in [3.8, 4) is 0 Å². The van der Waals surface area contributed by atoms with Crippen molar-refractivity contribution in [3.05, 3.63) is 46.2 Å². The first-order chi connectivity index (χ1) is 8.81. The lowest BCUT2D eigenvalue weighted by Gasteiger charge is -1.98. The third kappa shape index (κ3) is 2.42. The third-order valence-corrected chi connectivity index (χ3v) is 3.53. The van der Waals surface area contributed by atoms with E-state index in [9.17, 15) is 0 Å². The van der Waals surface area contributed by atoms with Gasteiger partial charge in [-0.2, -0.15) is 0 Å². The number of nitrogens with zero attached hydrogens (tertiary/aromatic N) is 2. The van der Waals surface area contributed by atoms with Crippen molar-refractivity contribution >= 4 is 22.4 Å². The summed E-state index contributed by atoms with van der Waals surface area (Å²) < 4.78 is 0. The Balaban J connectivity index is 1.62. The van der Waals surface area contributed by atoms with Crippen LogP contribution in [0.1, 0.15) is 16.5 Å². The quantitative estimate of drug-likeness (QED) is 0.756. The molecular weight excluding hydrogens is 244 g/mol. The molecule has 0 atom stereocenters. The summed E-state index contributed by atoms with van der Waals surface area (Å²) in [5.74, 6) is 0.961. The van der Waals surface area contributed by atoms with E-state index >= 15 is 0 Å². The number of rotatable bonds is 4. The number of nitrogens with one attached hydrogen (secondary N) is 2. The predicted molar refractivity (Wildman–Crippen MR) is 73.5 cm³/mol. The van der Waals surface area contributed by atoms with Crippen molar-refractivity contribution in [2.75, 3.05) is 0 Å². The van der Waals surface area contributed by atoms with Gasteiger partial charge in [-0.1, -0.05) is 12.1 Å². The molecule has 1 aromatic carbocycles. The zero-order valence-corrected chi connectivity index (χ0v) is 10.9. The van der Waals surface area contributed by atoms with Crippen molar-refractivity contribution in [1.82, 2.24) is 20.3 Å². The number of benzene rings is 1. The maximum atomic E-state index is 4.51. The van der Waals surface area contributed by atoms with E-state index in [-0.39, 0.29) is 0 Å². The fourth-order valence-corrected chi connectivity index (χ4v) is 2.50. The Bertz CT molecular complexity index is 623. The Labute approximate surface area is 109 Å². The number of hydrogen-bond donors (Lipinski definition) is 2. The molecule has 5 heteroatoms. The highest BCUT2D eigenvalue weighted by atomic mass is 32.1. The van der Waals surface area contributed by atoms with Gasteiger partial charge in [0.2, 0.25) is 0 Å². The molecular formula is C13H14N4S. The van der Waals surface area contributed by atoms with E-state index in [2.05, 4.69) is 25.6 Å². The monoisotopic (exact) mass is 258 g/mol. The van der Waals surface area contributed by atoms with Crippen LogP contribution < -0.4 is 5.32 Å². The Morgan fingerprint density at radius 1 is 1.22 bits per heavy atom. The van der Waals surface area contributed by atoms with Crippen LogP contribution in [0.3, 0.4) is 0 Å². The highest BCUT2D eigenvalue weighted by molar-refractivity contribution is 7.09. The number of aryl methyl sites for hydroxylation is 1. The number of fused-ring (bicyclic) bond motifs is 1. The molecule has 92 valence electrons. The second-order valence-corrected chi connectivity index (χ2v) is 5.22. The van der Waals surface area contributed by atoms with E-state index in [1.165, 1.54) is 0 Å². The lowest BCUT2D eigenvalue weighted by Crippen LogP contribution is -2.13. The summed E-state index contributed by atoms with van der Waals surface area (Å²) in [6, 6.07) is 8.06. The van der Waals surface area contributed by atoms with Crippen molar-refractivity contribution in [2.45, 2.75) is 20.0 Å². The van der Waals surface area contributed by atoms with Crippen LogP contribution in [-0.2, 0) is 13.1 Å². The molecule has 2 heterocycles. The predicted octanol–water partition coefficient (Wildman–Crippen LogP) is 2.62. The molecule has 0 radical (unpaired) electrons. The standard InChI is InChI=1S/C13H14N4S/c1-9-15-10(8-18-9)6-14-7-13-16-11-4-2-3-5-12(11)17-13/h2-5,8,14H,6-7H2,1H3,(H,16,17). The van der Waals surface area contributed by atoms with Gasteiger partial charge in [-0.25, -0.2) is 9.97 Å². The van der Waals surface area contributed by atoms with Crippen LogP contribution in [0.15, 0.2) is 29.6 Å². The lowest BCUT2D eigenvalue weighted by molar-refractivity contribution is 0.660. The van der Waals surface area contributed by atoms with Crippen LogP contribution in [0, 0.1) is 6.92 Å². The van der Waals surface area contributed by atoms with Crippen molar-refractivity contribution in [2.24, 2.45) is 0 Å². The molecule has 18 heavy (non-hydrogen) atoms. The fourth-order valence-electron chi connectivity index (χ4n) is 1.89. The SMILES string of the molecule is Cc1nc(CNCc2nc3ccccc3[nH]2)cs1. The highest BCUT2D eigenvalue weighted by Crippen LogP contribution is 2.10. The van der Waals surface area contributed by atoms with E-state index in [4.69, 9.17) is 0 Å². The number of H-pyrrole nitrogens is 1. The van der Waals surface area contributed by atoms with Gasteiger partial charge in [0.15, 0.2) is 0 Å². The van der Waals surface area contributed by atoms with Gasteiger partial charge in [0.1, 0.15) is 5.82 Å². The van der Waals surface area contributed by atoms with Crippen molar-refractivity contribution in [1.29, 1.82) is 0 Å². The van der Waals surface area contributed by atoms with Gasteiger partial charge in [0, 0.05) is 11.9 Å². The summed E-state index contributed by atoms with van der Waals surface area (Å²) in [5.41, 5.74) is 3.19. The maximum Gasteiger partial charge on any atom is 0.121 e. The molecule has 0 amide bonds. The third-order valence-electron chi connectivity index (χ3n) is 2.70. The lowest BCUT2D eigenvalue weighted by atomic mass is 10.3. The first kappa shape index (κ1) is 11.4. The van der Waals surface area contributed by atoms with E-state index in [1.54, 1.807) is 11.3 Å². The topological polar surface area (TPSA) is 53.6 Å². The van der Waals surface area contributed by atoms with Gasteiger partial charge in [-0.15, -0.1) is 11.3 Å². The van der Waals surface area contributed by atoms with Gasteiger partial charge in [-0.3, -0.25) is 0 Å². The molecule has 0 aliphatic rings. The van der Waals surface area contributed by atoms with Crippen LogP contribution in [0.2, 0.25) is 0 Å². The Morgan fingerprint density at radius 3 is 2.89 bits per heavy atom. The summed E-state index contributed by atoms with van der Waals surface area (Å²) in [6.07, 6.45) is 0. The number of aromatic nitrogens is 3. The van der Waals surface area contributed by atoms with Gasteiger partial charge >= 0.3 is 0 Å². The van der Waals surface area contributed by atoms with Crippen LogP contribution in [0.5, 0.6) is 0 Å². The van der Waals surface area contributed by atoms with E-state index < -0.39 is 0 Å². The maximum absolute atomic E-state index is 4.51. The summed E-state index contributed by atoms with van der Waals surface area (Å²) in [7, 11) is 0. The molecule has 3 aromatic rings. The summed E-state index contributed by atoms with van der Waals surface area (Å²) in [6.45, 7) is 3.53. The molecule has 0 saturated heterocycles. The summed E-state index contributed by atoms with van der Waals surface area (Å²) in [5, 5.41) is 6.53. The average Bonchev–Trinajstić information content (AvgIpc) is 2.95. The van der Waals surface area contributed by atoms with Crippen LogP contribution >= 0.6 is 11.3 Å². The molecule has 0 aliphatic heterocycles. The van der Waals surface area contributed by atoms with Gasteiger partial charge < -0.3 is 10.3 Å². The number of thiazole rings is 1. The average molecular weight is 258 g/mol. The minimum absolute atomic E-state index is 0.727. The largest absolute Gasteiger partial charge is 0.341 e. The minimum atomic E-state index is 0.727. The number of imidazole rings is 1. The molecule has 0 unspecified atom stereocenters. The Hall–Kier alpha value is -1.72. The molecule has 0 aliphatic carbocycles. The molecule has 0 fully saturated rings. The first-order valence-electron chi connectivity index (χ1n) is 5.86. The van der Waals surface area contributed by atoms with Crippen LogP contribution in [-0.4, -0.2) is 15.0 Å². The summed E-state index contributed by atoms with van der Waals surface area (Å²) >= 11 is 1.68. The molecule has 2 N–H and O–H groups in total. The van der Waals surface area contributed by atoms with Crippen LogP contribution in [0.4, 0.5) is 0 Å². The normalized spacial score (nSPS) is 11.2. The second-order valence-electron chi connectivity index (χ2n) is 4.16. The minimum Gasteiger partial charge on any atom is -0.341 e. The highest BCUT2D eigenvalue weighted by Gasteiger charge is 2.02. The molecule has 0 bridgehead atoms. The number of para-hydroxylation sites is 2. The first-order valence-corrected chi connectivity index (χ1v) is 6.74. The molecule has 0 saturated carbocycles. The summed E-state index contributed by atoms with van der Waals surface area (Å²) in [4.78, 5) is 12.2. The van der Waals surface area contributed by atoms with Gasteiger partial charge in [0.25, 0.3) is 0 Å². The molecule has 3 rings (SSSR count). The number of hydrogen-bond acceptors (Lipinski definition) is 4. The van der Waals surface area contributed by atoms with E-state index in [0.29, 0.717) is 0 Å². The zero-order chi connectivity index (χ0) is 12.4. The zero-order valence-electron chi connectivity index (χ0n) is 10.1. The fraction of sp³-hybridized carbons (Fsp3) is 0.231. The van der Waals surface area contributed by atoms with Gasteiger partial charge in [0.05, 0.1) is 28.3 Å².